The van der Waals surface area contributed by atoms with Gasteiger partial charge in [-0.25, -0.2) is 0 Å². The molecule has 2 rings (SSSR count). The molecule has 1 aromatic heterocycles. The zero-order valence-electron chi connectivity index (χ0n) is 10.6. The maximum absolute atomic E-state index is 5.79. The van der Waals surface area contributed by atoms with Gasteiger partial charge in [0.25, 0.3) is 0 Å². The molecule has 0 radical (unpaired) electrons. The highest BCUT2D eigenvalue weighted by atomic mass is 16.5. The van der Waals surface area contributed by atoms with Gasteiger partial charge >= 0.3 is 0 Å². The molecule has 0 aliphatic heterocycles. The number of aromatic nitrogens is 1. The first-order chi connectivity index (χ1) is 8.36. The van der Waals surface area contributed by atoms with Crippen molar-refractivity contribution in [2.75, 3.05) is 13.2 Å². The maximum Gasteiger partial charge on any atom is 0.0594 e. The molecule has 1 heterocycles. The number of nitrogens with zero attached hydrogens (tertiary/aromatic N) is 1. The normalized spacial score (nSPS) is 16.5. The molecule has 0 unspecified atom stereocenters. The number of aryl methyl sites for hydroxylation is 1. The minimum atomic E-state index is 0.525. The van der Waals surface area contributed by atoms with Gasteiger partial charge in [-0.2, -0.15) is 0 Å². The molecule has 94 valence electrons. The van der Waals surface area contributed by atoms with Crippen LogP contribution in [0, 0.1) is 6.92 Å². The van der Waals surface area contributed by atoms with Crippen molar-refractivity contribution in [3.05, 3.63) is 29.6 Å². The van der Waals surface area contributed by atoms with Crippen LogP contribution in [0.1, 0.15) is 36.8 Å². The van der Waals surface area contributed by atoms with Crippen LogP contribution < -0.4 is 5.32 Å². The highest BCUT2D eigenvalue weighted by molar-refractivity contribution is 5.20. The highest BCUT2D eigenvalue weighted by Crippen LogP contribution is 2.20. The lowest BCUT2D eigenvalue weighted by Gasteiger charge is -2.11. The summed E-state index contributed by atoms with van der Waals surface area (Å²) in [5.41, 5.74) is 2.57. The van der Waals surface area contributed by atoms with Crippen molar-refractivity contribution in [2.24, 2.45) is 0 Å². The molecule has 1 saturated carbocycles. The number of rotatable bonds is 6. The van der Waals surface area contributed by atoms with Gasteiger partial charge in [0.15, 0.2) is 0 Å². The van der Waals surface area contributed by atoms with Crippen molar-refractivity contribution >= 4 is 0 Å². The second kappa shape index (κ2) is 6.72. The molecular weight excluding hydrogens is 212 g/mol. The van der Waals surface area contributed by atoms with E-state index in [0.29, 0.717) is 6.10 Å². The number of pyridine rings is 1. The van der Waals surface area contributed by atoms with Crippen LogP contribution in [0.15, 0.2) is 18.5 Å². The van der Waals surface area contributed by atoms with Crippen LogP contribution in [0.2, 0.25) is 0 Å². The van der Waals surface area contributed by atoms with Gasteiger partial charge in [0.05, 0.1) is 12.7 Å². The largest absolute Gasteiger partial charge is 0.377 e. The summed E-state index contributed by atoms with van der Waals surface area (Å²) < 4.78 is 5.79. The zero-order chi connectivity index (χ0) is 11.9. The van der Waals surface area contributed by atoms with Gasteiger partial charge in [-0.1, -0.05) is 12.8 Å². The third kappa shape index (κ3) is 4.10. The minimum absolute atomic E-state index is 0.525. The van der Waals surface area contributed by atoms with Crippen LogP contribution in [-0.2, 0) is 11.3 Å². The molecular formula is C14H22N2O. The monoisotopic (exact) mass is 234 g/mol. The van der Waals surface area contributed by atoms with Gasteiger partial charge in [0, 0.05) is 25.5 Å². The molecule has 0 atom stereocenters. The standard InChI is InChI=1S/C14H22N2O/c1-12-6-7-15-10-13(12)11-16-8-9-17-14-4-2-3-5-14/h6-7,10,14,16H,2-5,8-9,11H2,1H3. The topological polar surface area (TPSA) is 34.2 Å². The molecule has 1 aliphatic carbocycles. The molecule has 0 bridgehead atoms. The lowest BCUT2D eigenvalue weighted by molar-refractivity contribution is 0.0602. The number of nitrogens with one attached hydrogen (secondary N) is 1. The first-order valence-corrected chi connectivity index (χ1v) is 6.58. The molecule has 1 N–H and O–H groups in total. The Morgan fingerprint density at radius 2 is 2.24 bits per heavy atom. The van der Waals surface area contributed by atoms with E-state index in [2.05, 4.69) is 17.2 Å². The van der Waals surface area contributed by atoms with Gasteiger partial charge in [-0.05, 0) is 37.0 Å². The first-order valence-electron chi connectivity index (χ1n) is 6.58. The molecule has 3 nitrogen and oxygen atoms in total. The second-order valence-electron chi connectivity index (χ2n) is 4.76. The Morgan fingerprint density at radius 3 is 3.00 bits per heavy atom. The summed E-state index contributed by atoms with van der Waals surface area (Å²) >= 11 is 0. The van der Waals surface area contributed by atoms with Crippen molar-refractivity contribution in [1.29, 1.82) is 0 Å². The molecule has 0 spiro atoms. The molecule has 3 heteroatoms. The maximum atomic E-state index is 5.79. The van der Waals surface area contributed by atoms with E-state index in [0.717, 1.165) is 19.7 Å². The van der Waals surface area contributed by atoms with E-state index in [4.69, 9.17) is 4.74 Å². The third-order valence-corrected chi connectivity index (χ3v) is 3.40. The molecule has 17 heavy (non-hydrogen) atoms. The van der Waals surface area contributed by atoms with Gasteiger partial charge in [-0.15, -0.1) is 0 Å². The molecule has 0 amide bonds. The summed E-state index contributed by atoms with van der Waals surface area (Å²) in [5.74, 6) is 0. The molecule has 1 fully saturated rings. The Hall–Kier alpha value is -0.930. The van der Waals surface area contributed by atoms with E-state index in [9.17, 15) is 0 Å². The fourth-order valence-electron chi connectivity index (χ4n) is 2.26. The minimum Gasteiger partial charge on any atom is -0.377 e. The Balaban J connectivity index is 1.58. The summed E-state index contributed by atoms with van der Waals surface area (Å²) in [5, 5.41) is 3.40. The van der Waals surface area contributed by atoms with Crippen LogP contribution in [0.3, 0.4) is 0 Å². The average Bonchev–Trinajstić information content (AvgIpc) is 2.84. The van der Waals surface area contributed by atoms with Gasteiger partial charge in [0.2, 0.25) is 0 Å². The first kappa shape index (κ1) is 12.5. The Kier molecular flexibility index (Phi) is 4.95. The fourth-order valence-corrected chi connectivity index (χ4v) is 2.26. The van der Waals surface area contributed by atoms with Crippen molar-refractivity contribution in [3.63, 3.8) is 0 Å². The van der Waals surface area contributed by atoms with Gasteiger partial charge in [-0.3, -0.25) is 4.98 Å². The van der Waals surface area contributed by atoms with E-state index < -0.39 is 0 Å². The Bertz CT molecular complexity index is 335. The molecule has 0 saturated heterocycles. The Morgan fingerprint density at radius 1 is 1.41 bits per heavy atom. The van der Waals surface area contributed by atoms with Crippen molar-refractivity contribution < 1.29 is 4.74 Å². The summed E-state index contributed by atoms with van der Waals surface area (Å²) in [6.07, 6.45) is 9.47. The van der Waals surface area contributed by atoms with E-state index in [1.165, 1.54) is 36.8 Å². The predicted octanol–water partition coefficient (Wildman–Crippen LogP) is 2.44. The van der Waals surface area contributed by atoms with Crippen LogP contribution in [-0.4, -0.2) is 24.2 Å². The van der Waals surface area contributed by atoms with Crippen LogP contribution in [0.4, 0.5) is 0 Å². The van der Waals surface area contributed by atoms with Crippen LogP contribution >= 0.6 is 0 Å². The summed E-state index contributed by atoms with van der Waals surface area (Å²) in [7, 11) is 0. The Labute approximate surface area is 104 Å². The van der Waals surface area contributed by atoms with Gasteiger partial charge < -0.3 is 10.1 Å². The van der Waals surface area contributed by atoms with E-state index in [-0.39, 0.29) is 0 Å². The highest BCUT2D eigenvalue weighted by Gasteiger charge is 2.14. The zero-order valence-corrected chi connectivity index (χ0v) is 10.6. The second-order valence-corrected chi connectivity index (χ2v) is 4.76. The summed E-state index contributed by atoms with van der Waals surface area (Å²) in [6.45, 7) is 4.75. The number of ether oxygens (including phenoxy) is 1. The lowest BCUT2D eigenvalue weighted by atomic mass is 10.2. The summed E-state index contributed by atoms with van der Waals surface area (Å²) in [4.78, 5) is 4.14. The van der Waals surface area contributed by atoms with Crippen LogP contribution in [0.25, 0.3) is 0 Å². The fraction of sp³-hybridized carbons (Fsp3) is 0.643. The van der Waals surface area contributed by atoms with E-state index >= 15 is 0 Å². The molecule has 1 aromatic rings. The van der Waals surface area contributed by atoms with Crippen molar-refractivity contribution in [1.82, 2.24) is 10.3 Å². The average molecular weight is 234 g/mol. The summed E-state index contributed by atoms with van der Waals surface area (Å²) in [6, 6.07) is 2.05. The predicted molar refractivity (Wildman–Crippen MR) is 68.9 cm³/mol. The van der Waals surface area contributed by atoms with E-state index in [1.807, 2.05) is 18.5 Å². The van der Waals surface area contributed by atoms with E-state index in [1.54, 1.807) is 0 Å². The smallest absolute Gasteiger partial charge is 0.0594 e. The molecule has 1 aliphatic rings. The SMILES string of the molecule is Cc1ccncc1CNCCOC1CCCC1. The molecule has 0 aromatic carbocycles. The number of hydrogen-bond acceptors (Lipinski definition) is 3. The third-order valence-electron chi connectivity index (χ3n) is 3.40. The van der Waals surface area contributed by atoms with Crippen LogP contribution in [0.5, 0.6) is 0 Å². The quantitative estimate of drug-likeness (QED) is 0.768. The van der Waals surface area contributed by atoms with Crippen molar-refractivity contribution in [3.8, 4) is 0 Å². The van der Waals surface area contributed by atoms with Gasteiger partial charge in [0.1, 0.15) is 0 Å². The lowest BCUT2D eigenvalue weighted by Crippen LogP contribution is -2.22. The number of hydrogen-bond donors (Lipinski definition) is 1. The van der Waals surface area contributed by atoms with Crippen molar-refractivity contribution in [2.45, 2.75) is 45.3 Å².